The van der Waals surface area contributed by atoms with Gasteiger partial charge in [0.05, 0.1) is 6.61 Å². The molecule has 0 spiro atoms. The molecule has 0 bridgehead atoms. The highest BCUT2D eigenvalue weighted by atomic mass is 16.5. The maximum atomic E-state index is 11.0. The van der Waals surface area contributed by atoms with E-state index in [1.165, 1.54) is 32.6 Å². The summed E-state index contributed by atoms with van der Waals surface area (Å²) in [4.78, 5) is 16.2. The fraction of sp³-hybridized carbons (Fsp3) is 0.632. The molecule has 0 unspecified atom stereocenters. The lowest BCUT2D eigenvalue weighted by atomic mass is 10.2. The second kappa shape index (κ2) is 9.64. The van der Waals surface area contributed by atoms with Gasteiger partial charge in [0.1, 0.15) is 5.75 Å². The van der Waals surface area contributed by atoms with E-state index in [0.29, 0.717) is 12.2 Å². The number of benzene rings is 1. The Bertz CT molecular complexity index is 502. The standard InChI is InChI=1S/C19H31N3O2/c1-16(2)15-22-10-3-9-21(12-13-22)11-4-14-24-18-7-5-17(6-8-18)19(20)23/h5-8,16H,3-4,9-15H2,1-2H3,(H2,20,23). The number of rotatable bonds is 8. The Balaban J connectivity index is 1.64. The van der Waals surface area contributed by atoms with Gasteiger partial charge in [0.2, 0.25) is 5.91 Å². The summed E-state index contributed by atoms with van der Waals surface area (Å²) in [5.41, 5.74) is 5.74. The maximum Gasteiger partial charge on any atom is 0.248 e. The number of primary amides is 1. The first-order valence-electron chi connectivity index (χ1n) is 9.02. The zero-order valence-electron chi connectivity index (χ0n) is 15.0. The molecule has 1 aromatic carbocycles. The molecule has 1 heterocycles. The fourth-order valence-corrected chi connectivity index (χ4v) is 3.14. The Morgan fingerprint density at radius 1 is 1.12 bits per heavy atom. The van der Waals surface area contributed by atoms with Gasteiger partial charge in [-0.25, -0.2) is 0 Å². The van der Waals surface area contributed by atoms with Crippen LogP contribution < -0.4 is 10.5 Å². The number of amides is 1. The van der Waals surface area contributed by atoms with Gasteiger partial charge in [0.25, 0.3) is 0 Å². The predicted octanol–water partition coefficient (Wildman–Crippen LogP) is 2.22. The van der Waals surface area contributed by atoms with Gasteiger partial charge in [-0.2, -0.15) is 0 Å². The van der Waals surface area contributed by atoms with Gasteiger partial charge >= 0.3 is 0 Å². The maximum absolute atomic E-state index is 11.0. The molecule has 0 radical (unpaired) electrons. The van der Waals surface area contributed by atoms with Gasteiger partial charge in [0.15, 0.2) is 0 Å². The molecular weight excluding hydrogens is 302 g/mol. The molecule has 0 aliphatic carbocycles. The van der Waals surface area contributed by atoms with Gasteiger partial charge < -0.3 is 20.3 Å². The fourth-order valence-electron chi connectivity index (χ4n) is 3.14. The zero-order valence-corrected chi connectivity index (χ0v) is 15.0. The average Bonchev–Trinajstić information content (AvgIpc) is 2.77. The van der Waals surface area contributed by atoms with Crippen LogP contribution in [0.15, 0.2) is 24.3 Å². The number of hydrogen-bond donors (Lipinski definition) is 1. The highest BCUT2D eigenvalue weighted by Crippen LogP contribution is 2.12. The Hall–Kier alpha value is -1.59. The minimum Gasteiger partial charge on any atom is -0.494 e. The first kappa shape index (κ1) is 18.7. The normalized spacial score (nSPS) is 17.0. The molecular formula is C19H31N3O2. The predicted molar refractivity (Wildman–Crippen MR) is 97.4 cm³/mol. The Kier molecular flexibility index (Phi) is 7.53. The van der Waals surface area contributed by atoms with E-state index in [4.69, 9.17) is 10.5 Å². The lowest BCUT2D eigenvalue weighted by Crippen LogP contribution is -2.33. The van der Waals surface area contributed by atoms with Crippen LogP contribution in [0.5, 0.6) is 5.75 Å². The van der Waals surface area contributed by atoms with Crippen LogP contribution in [0.1, 0.15) is 37.0 Å². The molecule has 1 saturated heterocycles. The van der Waals surface area contributed by atoms with Crippen molar-refractivity contribution in [3.63, 3.8) is 0 Å². The van der Waals surface area contributed by atoms with Crippen molar-refractivity contribution >= 4 is 5.91 Å². The van der Waals surface area contributed by atoms with Gasteiger partial charge in [-0.05, 0) is 56.1 Å². The summed E-state index contributed by atoms with van der Waals surface area (Å²) in [5, 5.41) is 0. The molecule has 1 fully saturated rings. The molecule has 2 rings (SSSR count). The van der Waals surface area contributed by atoms with Gasteiger partial charge in [-0.3, -0.25) is 4.79 Å². The van der Waals surface area contributed by atoms with E-state index in [0.717, 1.165) is 31.2 Å². The third-order valence-electron chi connectivity index (χ3n) is 4.33. The first-order chi connectivity index (χ1) is 11.5. The molecule has 0 aromatic heterocycles. The molecule has 1 aliphatic heterocycles. The van der Waals surface area contributed by atoms with E-state index < -0.39 is 5.91 Å². The summed E-state index contributed by atoms with van der Waals surface area (Å²) in [5.74, 6) is 1.12. The molecule has 2 N–H and O–H groups in total. The largest absolute Gasteiger partial charge is 0.494 e. The summed E-state index contributed by atoms with van der Waals surface area (Å²) >= 11 is 0. The number of nitrogens with zero attached hydrogens (tertiary/aromatic N) is 2. The van der Waals surface area contributed by atoms with Crippen molar-refractivity contribution in [2.45, 2.75) is 26.7 Å². The van der Waals surface area contributed by atoms with Crippen molar-refractivity contribution in [3.8, 4) is 5.75 Å². The second-order valence-electron chi connectivity index (χ2n) is 6.98. The Labute approximate surface area is 145 Å². The van der Waals surface area contributed by atoms with E-state index in [9.17, 15) is 4.79 Å². The highest BCUT2D eigenvalue weighted by Gasteiger charge is 2.15. The van der Waals surface area contributed by atoms with Crippen LogP contribution in [0.25, 0.3) is 0 Å². The van der Waals surface area contributed by atoms with E-state index in [1.807, 2.05) is 0 Å². The molecule has 5 nitrogen and oxygen atoms in total. The van der Waals surface area contributed by atoms with Gasteiger partial charge in [0, 0.05) is 31.7 Å². The van der Waals surface area contributed by atoms with E-state index in [-0.39, 0.29) is 0 Å². The van der Waals surface area contributed by atoms with Crippen LogP contribution in [-0.2, 0) is 0 Å². The SMILES string of the molecule is CC(C)CN1CCCN(CCCOc2ccc(C(N)=O)cc2)CC1. The smallest absolute Gasteiger partial charge is 0.248 e. The minimum absolute atomic E-state index is 0.408. The lowest BCUT2D eigenvalue weighted by Gasteiger charge is -2.23. The topological polar surface area (TPSA) is 58.8 Å². The van der Waals surface area contributed by atoms with Crippen LogP contribution in [0.4, 0.5) is 0 Å². The summed E-state index contributed by atoms with van der Waals surface area (Å²) < 4.78 is 5.75. The van der Waals surface area contributed by atoms with Crippen molar-refractivity contribution < 1.29 is 9.53 Å². The van der Waals surface area contributed by atoms with Crippen molar-refractivity contribution in [3.05, 3.63) is 29.8 Å². The number of nitrogens with two attached hydrogens (primary N) is 1. The average molecular weight is 333 g/mol. The van der Waals surface area contributed by atoms with Crippen LogP contribution in [0.3, 0.4) is 0 Å². The van der Waals surface area contributed by atoms with E-state index in [1.54, 1.807) is 24.3 Å². The highest BCUT2D eigenvalue weighted by molar-refractivity contribution is 5.92. The van der Waals surface area contributed by atoms with E-state index in [2.05, 4.69) is 23.6 Å². The summed E-state index contributed by atoms with van der Waals surface area (Å²) in [6, 6.07) is 7.01. The second-order valence-corrected chi connectivity index (χ2v) is 6.98. The number of carbonyl (C=O) groups is 1. The molecule has 0 saturated carbocycles. The van der Waals surface area contributed by atoms with Crippen molar-refractivity contribution in [1.82, 2.24) is 9.80 Å². The Morgan fingerprint density at radius 2 is 1.79 bits per heavy atom. The molecule has 1 amide bonds. The molecule has 24 heavy (non-hydrogen) atoms. The molecule has 0 atom stereocenters. The van der Waals surface area contributed by atoms with Crippen LogP contribution >= 0.6 is 0 Å². The summed E-state index contributed by atoms with van der Waals surface area (Å²) in [7, 11) is 0. The quantitative estimate of drug-likeness (QED) is 0.741. The van der Waals surface area contributed by atoms with Crippen LogP contribution in [-0.4, -0.2) is 61.6 Å². The minimum atomic E-state index is -0.408. The molecule has 1 aromatic rings. The molecule has 134 valence electrons. The number of hydrogen-bond acceptors (Lipinski definition) is 4. The monoisotopic (exact) mass is 333 g/mol. The zero-order chi connectivity index (χ0) is 17.4. The van der Waals surface area contributed by atoms with Crippen molar-refractivity contribution in [2.24, 2.45) is 11.7 Å². The van der Waals surface area contributed by atoms with Crippen LogP contribution in [0.2, 0.25) is 0 Å². The number of ether oxygens (including phenoxy) is 1. The Morgan fingerprint density at radius 3 is 2.46 bits per heavy atom. The number of carbonyl (C=O) groups excluding carboxylic acids is 1. The third-order valence-corrected chi connectivity index (χ3v) is 4.33. The third kappa shape index (κ3) is 6.49. The van der Waals surface area contributed by atoms with Gasteiger partial charge in [-0.1, -0.05) is 13.8 Å². The first-order valence-corrected chi connectivity index (χ1v) is 9.02. The van der Waals surface area contributed by atoms with Crippen molar-refractivity contribution in [2.75, 3.05) is 45.9 Å². The van der Waals surface area contributed by atoms with Crippen LogP contribution in [0, 0.1) is 5.92 Å². The lowest BCUT2D eigenvalue weighted by molar-refractivity contribution is 0.100. The van der Waals surface area contributed by atoms with E-state index >= 15 is 0 Å². The molecule has 1 aliphatic rings. The van der Waals surface area contributed by atoms with Gasteiger partial charge in [-0.15, -0.1) is 0 Å². The summed E-state index contributed by atoms with van der Waals surface area (Å²) in [6.07, 6.45) is 2.27. The summed E-state index contributed by atoms with van der Waals surface area (Å²) in [6.45, 7) is 12.3. The van der Waals surface area contributed by atoms with Crippen molar-refractivity contribution in [1.29, 1.82) is 0 Å². The molecule has 5 heteroatoms.